The average molecular weight is 474 g/mol. The van der Waals surface area contributed by atoms with Gasteiger partial charge >= 0.3 is 0 Å². The highest BCUT2D eigenvalue weighted by Crippen LogP contribution is 2.32. The summed E-state index contributed by atoms with van der Waals surface area (Å²) in [6.07, 6.45) is 3.02. The van der Waals surface area contributed by atoms with Gasteiger partial charge in [-0.15, -0.1) is 11.3 Å². The maximum absolute atomic E-state index is 12.6. The molecular formula is C20H19N5O5S2. The SMILES string of the molecule is CS(=O)(=O)Nc1ccc(-c2csc(NC(=O)c3ccc(NC4CC4)c([N+](=O)[O-])c3)n2)cc1. The molecule has 0 spiro atoms. The van der Waals surface area contributed by atoms with Crippen LogP contribution in [0.4, 0.5) is 22.2 Å². The monoisotopic (exact) mass is 473 g/mol. The van der Waals surface area contributed by atoms with Crippen LogP contribution in [-0.2, 0) is 10.0 Å². The van der Waals surface area contributed by atoms with E-state index in [0.717, 1.165) is 24.7 Å². The number of nitrogens with one attached hydrogen (secondary N) is 3. The molecule has 0 saturated heterocycles. The van der Waals surface area contributed by atoms with E-state index in [2.05, 4.69) is 20.3 Å². The van der Waals surface area contributed by atoms with Crippen LogP contribution in [0.3, 0.4) is 0 Å². The lowest BCUT2D eigenvalue weighted by molar-refractivity contribution is -0.384. The minimum absolute atomic E-state index is 0.146. The Morgan fingerprint density at radius 1 is 1.19 bits per heavy atom. The predicted octanol–water partition coefficient (Wildman–Crippen LogP) is 3.92. The van der Waals surface area contributed by atoms with Gasteiger partial charge in [-0.2, -0.15) is 0 Å². The van der Waals surface area contributed by atoms with Crippen LogP contribution >= 0.6 is 11.3 Å². The van der Waals surface area contributed by atoms with Crippen molar-refractivity contribution in [2.75, 3.05) is 21.6 Å². The normalized spacial score (nSPS) is 13.4. The fourth-order valence-electron chi connectivity index (χ4n) is 2.95. The Hall–Kier alpha value is -3.51. The van der Waals surface area contributed by atoms with E-state index in [1.54, 1.807) is 35.7 Å². The molecule has 1 saturated carbocycles. The molecule has 0 unspecified atom stereocenters. The number of amides is 1. The Kier molecular flexibility index (Phi) is 5.80. The number of hydrogen-bond donors (Lipinski definition) is 3. The van der Waals surface area contributed by atoms with Crippen LogP contribution in [0.2, 0.25) is 0 Å². The zero-order valence-electron chi connectivity index (χ0n) is 16.9. The van der Waals surface area contributed by atoms with Crippen LogP contribution < -0.4 is 15.4 Å². The topological polar surface area (TPSA) is 143 Å². The Labute approximate surface area is 187 Å². The van der Waals surface area contributed by atoms with Gasteiger partial charge in [-0.1, -0.05) is 12.1 Å². The summed E-state index contributed by atoms with van der Waals surface area (Å²) >= 11 is 1.21. The van der Waals surface area contributed by atoms with Crippen molar-refractivity contribution in [3.05, 3.63) is 63.5 Å². The maximum Gasteiger partial charge on any atom is 0.293 e. The molecule has 10 nitrogen and oxygen atoms in total. The van der Waals surface area contributed by atoms with Crippen LogP contribution in [-0.4, -0.2) is 36.5 Å². The van der Waals surface area contributed by atoms with Crippen molar-refractivity contribution in [1.29, 1.82) is 0 Å². The zero-order valence-corrected chi connectivity index (χ0v) is 18.5. The van der Waals surface area contributed by atoms with Gasteiger partial charge in [-0.05, 0) is 37.1 Å². The summed E-state index contributed by atoms with van der Waals surface area (Å²) < 4.78 is 25.0. The van der Waals surface area contributed by atoms with Gasteiger partial charge in [0, 0.05) is 34.3 Å². The van der Waals surface area contributed by atoms with Gasteiger partial charge in [0.05, 0.1) is 16.9 Å². The second-order valence-corrected chi connectivity index (χ2v) is 9.96. The molecule has 3 N–H and O–H groups in total. The third kappa shape index (κ3) is 5.39. The third-order valence-electron chi connectivity index (χ3n) is 4.60. The average Bonchev–Trinajstić information content (AvgIpc) is 3.42. The number of aromatic nitrogens is 1. The zero-order chi connectivity index (χ0) is 22.9. The molecule has 1 aliphatic carbocycles. The first-order valence-corrected chi connectivity index (χ1v) is 12.3. The molecule has 0 radical (unpaired) electrons. The van der Waals surface area contributed by atoms with Crippen molar-refractivity contribution in [1.82, 2.24) is 4.98 Å². The number of thiazole rings is 1. The smallest absolute Gasteiger partial charge is 0.293 e. The van der Waals surface area contributed by atoms with Gasteiger partial charge in [-0.25, -0.2) is 13.4 Å². The summed E-state index contributed by atoms with van der Waals surface area (Å²) in [5, 5.41) is 19.3. The number of carbonyl (C=O) groups excluding carboxylic acids is 1. The fourth-order valence-corrected chi connectivity index (χ4v) is 4.23. The lowest BCUT2D eigenvalue weighted by Crippen LogP contribution is -2.13. The number of nitrogens with zero attached hydrogens (tertiary/aromatic N) is 2. The second-order valence-electron chi connectivity index (χ2n) is 7.35. The van der Waals surface area contributed by atoms with Crippen molar-refractivity contribution in [2.24, 2.45) is 0 Å². The minimum Gasteiger partial charge on any atom is -0.377 e. The van der Waals surface area contributed by atoms with E-state index >= 15 is 0 Å². The van der Waals surface area contributed by atoms with E-state index < -0.39 is 20.9 Å². The Morgan fingerprint density at radius 2 is 1.91 bits per heavy atom. The van der Waals surface area contributed by atoms with Crippen molar-refractivity contribution in [2.45, 2.75) is 18.9 Å². The number of anilines is 3. The fraction of sp³-hybridized carbons (Fsp3) is 0.200. The van der Waals surface area contributed by atoms with Gasteiger partial charge in [0.15, 0.2) is 5.13 Å². The van der Waals surface area contributed by atoms with E-state index in [1.165, 1.54) is 23.5 Å². The lowest BCUT2D eigenvalue weighted by Gasteiger charge is -2.07. The summed E-state index contributed by atoms with van der Waals surface area (Å²) in [4.78, 5) is 27.9. The van der Waals surface area contributed by atoms with Crippen LogP contribution in [0.5, 0.6) is 0 Å². The first-order valence-electron chi connectivity index (χ1n) is 9.58. The number of hydrogen-bond acceptors (Lipinski definition) is 8. The van der Waals surface area contributed by atoms with Crippen molar-refractivity contribution < 1.29 is 18.1 Å². The Morgan fingerprint density at radius 3 is 2.53 bits per heavy atom. The van der Waals surface area contributed by atoms with Gasteiger partial charge in [0.1, 0.15) is 5.69 Å². The van der Waals surface area contributed by atoms with E-state index in [4.69, 9.17) is 0 Å². The molecule has 12 heteroatoms. The Balaban J connectivity index is 1.46. The summed E-state index contributed by atoms with van der Waals surface area (Å²) in [5.41, 5.74) is 2.19. The molecule has 0 atom stereocenters. The number of rotatable bonds is 8. The van der Waals surface area contributed by atoms with Crippen molar-refractivity contribution in [3.8, 4) is 11.3 Å². The van der Waals surface area contributed by atoms with Crippen molar-refractivity contribution >= 4 is 49.5 Å². The van der Waals surface area contributed by atoms with E-state index in [0.29, 0.717) is 22.2 Å². The summed E-state index contributed by atoms with van der Waals surface area (Å²) in [6.45, 7) is 0. The summed E-state index contributed by atoms with van der Waals surface area (Å²) in [7, 11) is -3.36. The molecule has 1 aromatic heterocycles. The standard InChI is InChI=1S/C20H19N5O5S2/c1-32(29,30)24-15-5-2-12(3-6-15)17-11-31-20(22-17)23-19(26)13-4-9-16(21-14-7-8-14)18(10-13)25(27)28/h2-6,9-11,14,21,24H,7-8H2,1H3,(H,22,23,26). The third-order valence-corrected chi connectivity index (χ3v) is 5.97. The number of benzene rings is 2. The lowest BCUT2D eigenvalue weighted by atomic mass is 10.1. The highest BCUT2D eigenvalue weighted by Gasteiger charge is 2.25. The Bertz CT molecular complexity index is 1280. The molecule has 2 aromatic carbocycles. The van der Waals surface area contributed by atoms with Crippen LogP contribution in [0.1, 0.15) is 23.2 Å². The maximum atomic E-state index is 12.6. The number of nitro groups is 1. The van der Waals surface area contributed by atoms with E-state index in [1.807, 2.05) is 0 Å². The highest BCUT2D eigenvalue weighted by molar-refractivity contribution is 7.92. The molecule has 1 aliphatic rings. The molecule has 0 aliphatic heterocycles. The van der Waals surface area contributed by atoms with Gasteiger partial charge in [0.25, 0.3) is 11.6 Å². The molecule has 1 fully saturated rings. The summed E-state index contributed by atoms with van der Waals surface area (Å²) in [6, 6.07) is 11.2. The largest absolute Gasteiger partial charge is 0.377 e. The molecule has 166 valence electrons. The first-order chi connectivity index (χ1) is 15.2. The predicted molar refractivity (Wildman–Crippen MR) is 124 cm³/mol. The van der Waals surface area contributed by atoms with Crippen LogP contribution in [0.25, 0.3) is 11.3 Å². The molecular weight excluding hydrogens is 454 g/mol. The number of nitro benzene ring substituents is 1. The molecule has 32 heavy (non-hydrogen) atoms. The number of carbonyl (C=O) groups is 1. The van der Waals surface area contributed by atoms with Crippen LogP contribution in [0.15, 0.2) is 47.8 Å². The molecule has 4 rings (SSSR count). The minimum atomic E-state index is -3.36. The highest BCUT2D eigenvalue weighted by atomic mass is 32.2. The molecule has 0 bridgehead atoms. The van der Waals surface area contributed by atoms with Gasteiger partial charge in [0.2, 0.25) is 10.0 Å². The van der Waals surface area contributed by atoms with Gasteiger partial charge in [-0.3, -0.25) is 24.9 Å². The van der Waals surface area contributed by atoms with E-state index in [9.17, 15) is 23.3 Å². The number of sulfonamides is 1. The molecule has 1 amide bonds. The quantitative estimate of drug-likeness (QED) is 0.332. The summed E-state index contributed by atoms with van der Waals surface area (Å²) in [5.74, 6) is -0.500. The molecule has 1 heterocycles. The van der Waals surface area contributed by atoms with Crippen LogP contribution in [0, 0.1) is 10.1 Å². The first kappa shape index (κ1) is 21.7. The van der Waals surface area contributed by atoms with Crippen molar-refractivity contribution in [3.63, 3.8) is 0 Å². The van der Waals surface area contributed by atoms with E-state index in [-0.39, 0.29) is 17.3 Å². The van der Waals surface area contributed by atoms with Gasteiger partial charge < -0.3 is 5.32 Å². The second kappa shape index (κ2) is 8.55. The molecule has 3 aromatic rings.